The molecule has 0 atom stereocenters. The molecule has 0 spiro atoms. The van der Waals surface area contributed by atoms with Crippen LogP contribution < -0.4 is 4.90 Å². The number of rotatable bonds is 4. The molecule has 1 heterocycles. The number of piperazine rings is 1. The summed E-state index contributed by atoms with van der Waals surface area (Å²) in [6.07, 6.45) is 0. The van der Waals surface area contributed by atoms with E-state index in [0.717, 1.165) is 13.1 Å². The van der Waals surface area contributed by atoms with Crippen LogP contribution in [0.15, 0.2) is 18.2 Å². The van der Waals surface area contributed by atoms with Gasteiger partial charge in [-0.25, -0.2) is 0 Å². The minimum absolute atomic E-state index is 0.0890. The lowest BCUT2D eigenvalue weighted by molar-refractivity contribution is -0.384. The van der Waals surface area contributed by atoms with Crippen LogP contribution in [0.2, 0.25) is 0 Å². The molecule has 0 radical (unpaired) electrons. The number of carbonyl (C=O) groups excluding carboxylic acids is 1. The molecule has 0 saturated carbocycles. The van der Waals surface area contributed by atoms with Crippen molar-refractivity contribution in [1.29, 1.82) is 0 Å². The maximum absolute atomic E-state index is 11.4. The van der Waals surface area contributed by atoms with E-state index >= 15 is 0 Å². The lowest BCUT2D eigenvalue weighted by Gasteiger charge is -2.33. The molecule has 7 heteroatoms. The van der Waals surface area contributed by atoms with Gasteiger partial charge in [-0.2, -0.15) is 0 Å². The SMILES string of the molecule is CN1CCN(c2ccc(C(=O)CO)cc2[N+](=O)[O-])CC1. The van der Waals surface area contributed by atoms with Crippen molar-refractivity contribution in [2.24, 2.45) is 0 Å². The number of aliphatic hydroxyl groups is 1. The Bertz CT molecular complexity index is 524. The lowest BCUT2D eigenvalue weighted by Crippen LogP contribution is -2.44. The van der Waals surface area contributed by atoms with Crippen molar-refractivity contribution in [3.8, 4) is 0 Å². The Morgan fingerprint density at radius 3 is 2.55 bits per heavy atom. The smallest absolute Gasteiger partial charge is 0.293 e. The van der Waals surface area contributed by atoms with Crippen LogP contribution in [-0.2, 0) is 0 Å². The molecular weight excluding hydrogens is 262 g/mol. The molecule has 0 unspecified atom stereocenters. The molecule has 0 aliphatic carbocycles. The van der Waals surface area contributed by atoms with Crippen LogP contribution in [0.3, 0.4) is 0 Å². The minimum atomic E-state index is -0.648. The summed E-state index contributed by atoms with van der Waals surface area (Å²) in [6, 6.07) is 4.36. The van der Waals surface area contributed by atoms with E-state index in [1.807, 2.05) is 11.9 Å². The monoisotopic (exact) mass is 279 g/mol. The van der Waals surface area contributed by atoms with Crippen molar-refractivity contribution >= 4 is 17.2 Å². The van der Waals surface area contributed by atoms with Gasteiger partial charge in [0.1, 0.15) is 12.3 Å². The summed E-state index contributed by atoms with van der Waals surface area (Å²) in [4.78, 5) is 26.2. The summed E-state index contributed by atoms with van der Waals surface area (Å²) < 4.78 is 0. The number of benzene rings is 1. The van der Waals surface area contributed by atoms with Crippen LogP contribution in [-0.4, -0.2) is 60.5 Å². The van der Waals surface area contributed by atoms with E-state index in [9.17, 15) is 14.9 Å². The molecule has 1 N–H and O–H groups in total. The van der Waals surface area contributed by atoms with Crippen molar-refractivity contribution in [2.75, 3.05) is 44.7 Å². The number of hydrogen-bond acceptors (Lipinski definition) is 6. The van der Waals surface area contributed by atoms with Gasteiger partial charge < -0.3 is 14.9 Å². The standard InChI is InChI=1S/C13H17N3O4/c1-14-4-6-15(7-5-14)11-3-2-10(13(18)9-17)8-12(11)16(19)20/h2-3,8,17H,4-7,9H2,1H3. The number of hydrogen-bond donors (Lipinski definition) is 1. The number of anilines is 1. The second-order valence-corrected chi connectivity index (χ2v) is 4.83. The van der Waals surface area contributed by atoms with E-state index in [1.165, 1.54) is 12.1 Å². The zero-order valence-electron chi connectivity index (χ0n) is 11.3. The van der Waals surface area contributed by atoms with Crippen LogP contribution in [0.25, 0.3) is 0 Å². The Balaban J connectivity index is 2.33. The number of aliphatic hydroxyl groups excluding tert-OH is 1. The Kier molecular flexibility index (Phi) is 4.31. The molecule has 1 aromatic rings. The zero-order chi connectivity index (χ0) is 14.7. The second-order valence-electron chi connectivity index (χ2n) is 4.83. The Morgan fingerprint density at radius 1 is 1.35 bits per heavy atom. The third-order valence-corrected chi connectivity index (χ3v) is 3.48. The van der Waals surface area contributed by atoms with E-state index in [4.69, 9.17) is 5.11 Å². The van der Waals surface area contributed by atoms with Gasteiger partial charge in [-0.1, -0.05) is 0 Å². The van der Waals surface area contributed by atoms with Gasteiger partial charge >= 0.3 is 0 Å². The Hall–Kier alpha value is -1.99. The first kappa shape index (κ1) is 14.4. The summed E-state index contributed by atoms with van der Waals surface area (Å²) in [5, 5.41) is 20.0. The first-order valence-electron chi connectivity index (χ1n) is 6.39. The predicted octanol–water partition coefficient (Wildman–Crippen LogP) is 0.522. The fourth-order valence-corrected chi connectivity index (χ4v) is 2.25. The maximum Gasteiger partial charge on any atom is 0.293 e. The number of nitro groups is 1. The van der Waals surface area contributed by atoms with Crippen LogP contribution in [0.1, 0.15) is 10.4 Å². The van der Waals surface area contributed by atoms with E-state index in [2.05, 4.69) is 4.90 Å². The highest BCUT2D eigenvalue weighted by Gasteiger charge is 2.23. The largest absolute Gasteiger partial charge is 0.388 e. The molecule has 0 bridgehead atoms. The average Bonchev–Trinajstić information content (AvgIpc) is 2.46. The van der Waals surface area contributed by atoms with Gasteiger partial charge in [-0.3, -0.25) is 14.9 Å². The molecule has 108 valence electrons. The normalized spacial score (nSPS) is 16.2. The molecule has 1 aliphatic rings. The number of nitrogens with zero attached hydrogens (tertiary/aromatic N) is 3. The van der Waals surface area contributed by atoms with E-state index in [1.54, 1.807) is 6.07 Å². The third-order valence-electron chi connectivity index (χ3n) is 3.48. The highest BCUT2D eigenvalue weighted by atomic mass is 16.6. The number of Topliss-reactive ketones (excluding diaryl/α,β-unsaturated/α-hetero) is 1. The van der Waals surface area contributed by atoms with Crippen LogP contribution >= 0.6 is 0 Å². The van der Waals surface area contributed by atoms with Gasteiger partial charge in [-0.05, 0) is 19.2 Å². The topological polar surface area (TPSA) is 86.9 Å². The van der Waals surface area contributed by atoms with Crippen LogP contribution in [0, 0.1) is 10.1 Å². The summed E-state index contributed by atoms with van der Waals surface area (Å²) >= 11 is 0. The van der Waals surface area contributed by atoms with Gasteiger partial charge in [0.15, 0.2) is 5.78 Å². The molecule has 1 aromatic carbocycles. The minimum Gasteiger partial charge on any atom is -0.388 e. The van der Waals surface area contributed by atoms with Gasteiger partial charge in [0.05, 0.1) is 4.92 Å². The summed E-state index contributed by atoms with van der Waals surface area (Å²) in [5.41, 5.74) is 0.600. The number of ketones is 1. The Morgan fingerprint density at radius 2 is 2.00 bits per heavy atom. The molecule has 7 nitrogen and oxygen atoms in total. The van der Waals surface area contributed by atoms with E-state index in [0.29, 0.717) is 18.8 Å². The predicted molar refractivity (Wildman–Crippen MR) is 74.2 cm³/mol. The second kappa shape index (κ2) is 5.98. The zero-order valence-corrected chi connectivity index (χ0v) is 11.3. The molecule has 20 heavy (non-hydrogen) atoms. The molecule has 1 saturated heterocycles. The third kappa shape index (κ3) is 2.94. The quantitative estimate of drug-likeness (QED) is 0.491. The van der Waals surface area contributed by atoms with Crippen LogP contribution in [0.4, 0.5) is 11.4 Å². The highest BCUT2D eigenvalue weighted by Crippen LogP contribution is 2.30. The first-order chi connectivity index (χ1) is 9.52. The summed E-state index contributed by atoms with van der Waals surface area (Å²) in [6.45, 7) is 2.46. The summed E-state index contributed by atoms with van der Waals surface area (Å²) in [5.74, 6) is -0.516. The molecule has 0 amide bonds. The van der Waals surface area contributed by atoms with Crippen molar-refractivity contribution in [1.82, 2.24) is 4.90 Å². The molecule has 2 rings (SSSR count). The van der Waals surface area contributed by atoms with Crippen LogP contribution in [0.5, 0.6) is 0 Å². The Labute approximate surface area is 116 Å². The number of likely N-dealkylation sites (N-methyl/N-ethyl adjacent to an activating group) is 1. The average molecular weight is 279 g/mol. The van der Waals surface area contributed by atoms with Gasteiger partial charge in [0, 0.05) is 37.8 Å². The van der Waals surface area contributed by atoms with Crippen molar-refractivity contribution in [3.05, 3.63) is 33.9 Å². The molecular formula is C13H17N3O4. The summed E-state index contributed by atoms with van der Waals surface area (Å²) in [7, 11) is 2.01. The van der Waals surface area contributed by atoms with Crippen molar-refractivity contribution in [2.45, 2.75) is 0 Å². The lowest BCUT2D eigenvalue weighted by atomic mass is 10.1. The number of nitro benzene ring substituents is 1. The maximum atomic E-state index is 11.4. The number of carbonyl (C=O) groups is 1. The van der Waals surface area contributed by atoms with Crippen molar-refractivity contribution in [3.63, 3.8) is 0 Å². The highest BCUT2D eigenvalue weighted by molar-refractivity contribution is 5.98. The molecule has 0 aromatic heterocycles. The fraction of sp³-hybridized carbons (Fsp3) is 0.462. The molecule has 1 aliphatic heterocycles. The molecule has 1 fully saturated rings. The van der Waals surface area contributed by atoms with Gasteiger partial charge in [0.2, 0.25) is 0 Å². The van der Waals surface area contributed by atoms with E-state index < -0.39 is 17.3 Å². The van der Waals surface area contributed by atoms with Crippen molar-refractivity contribution < 1.29 is 14.8 Å². The fourth-order valence-electron chi connectivity index (χ4n) is 2.25. The van der Waals surface area contributed by atoms with Gasteiger partial charge in [-0.15, -0.1) is 0 Å². The van der Waals surface area contributed by atoms with Gasteiger partial charge in [0.25, 0.3) is 5.69 Å². The first-order valence-corrected chi connectivity index (χ1v) is 6.39. The van der Waals surface area contributed by atoms with E-state index in [-0.39, 0.29) is 11.3 Å².